The highest BCUT2D eigenvalue weighted by atomic mass is 32.2. The van der Waals surface area contributed by atoms with Gasteiger partial charge in [0.05, 0.1) is 25.7 Å². The van der Waals surface area contributed by atoms with Crippen LogP contribution in [-0.2, 0) is 26.1 Å². The summed E-state index contributed by atoms with van der Waals surface area (Å²) in [5, 5.41) is 2.97. The van der Waals surface area contributed by atoms with Crippen molar-refractivity contribution in [2.24, 2.45) is 0 Å². The van der Waals surface area contributed by atoms with E-state index < -0.39 is 10.0 Å². The number of nitrogens with one attached hydrogen (secondary N) is 1. The fourth-order valence-corrected chi connectivity index (χ4v) is 6.08. The van der Waals surface area contributed by atoms with Gasteiger partial charge in [-0.15, -0.1) is 11.3 Å². The molecule has 0 aliphatic carbocycles. The number of thiophene rings is 1. The number of hydrogen-bond donors (Lipinski definition) is 1. The van der Waals surface area contributed by atoms with E-state index in [-0.39, 0.29) is 11.8 Å². The molecule has 6 nitrogen and oxygen atoms in total. The number of carbonyl (C=O) groups excluding carboxylic acids is 1. The van der Waals surface area contributed by atoms with E-state index >= 15 is 0 Å². The summed E-state index contributed by atoms with van der Waals surface area (Å²) in [7, 11) is -3.49. The molecule has 0 spiro atoms. The van der Waals surface area contributed by atoms with E-state index in [9.17, 15) is 13.2 Å². The van der Waals surface area contributed by atoms with Crippen molar-refractivity contribution in [3.63, 3.8) is 0 Å². The topological polar surface area (TPSA) is 75.7 Å². The van der Waals surface area contributed by atoms with Crippen LogP contribution in [0.3, 0.4) is 0 Å². The average molecular weight is 423 g/mol. The summed E-state index contributed by atoms with van der Waals surface area (Å²) in [5.41, 5.74) is 1.00. The second-order valence-electron chi connectivity index (χ2n) is 6.71. The molecular formula is C20H26N2O4S2. The summed E-state index contributed by atoms with van der Waals surface area (Å²) in [5.74, 6) is -0.221. The molecule has 2 heterocycles. The minimum absolute atomic E-state index is 0.0287. The molecule has 1 N–H and O–H groups in total. The van der Waals surface area contributed by atoms with Gasteiger partial charge in [-0.05, 0) is 24.1 Å². The van der Waals surface area contributed by atoms with Crippen LogP contribution < -0.4 is 5.32 Å². The fourth-order valence-electron chi connectivity index (χ4n) is 3.23. The van der Waals surface area contributed by atoms with Crippen molar-refractivity contribution in [1.29, 1.82) is 0 Å². The number of amides is 1. The molecule has 1 aromatic heterocycles. The van der Waals surface area contributed by atoms with Gasteiger partial charge in [0.25, 0.3) is 10.0 Å². The number of sulfonamides is 1. The van der Waals surface area contributed by atoms with E-state index in [1.807, 2.05) is 30.3 Å². The Bertz CT molecular complexity index is 875. The fraction of sp³-hybridized carbons (Fsp3) is 0.450. The number of nitrogens with zero attached hydrogens (tertiary/aromatic N) is 1. The minimum atomic E-state index is -3.49. The minimum Gasteiger partial charge on any atom is -0.379 e. The zero-order valence-electron chi connectivity index (χ0n) is 16.0. The number of rotatable bonds is 8. The third-order valence-electron chi connectivity index (χ3n) is 4.73. The quantitative estimate of drug-likeness (QED) is 0.710. The lowest BCUT2D eigenvalue weighted by Crippen LogP contribution is -2.40. The first-order valence-electron chi connectivity index (χ1n) is 9.51. The van der Waals surface area contributed by atoms with Crippen LogP contribution in [-0.4, -0.2) is 44.9 Å². The monoisotopic (exact) mass is 422 g/mol. The SMILES string of the molecule is CCCC(C(=O)NCc1ccc(S(=O)(=O)N2CCOCC2)s1)c1ccccc1. The molecule has 1 aromatic carbocycles. The Hall–Kier alpha value is -1.74. The molecule has 1 atom stereocenters. The normalized spacial score (nSPS) is 16.6. The highest BCUT2D eigenvalue weighted by Gasteiger charge is 2.28. The Morgan fingerprint density at radius 1 is 1.18 bits per heavy atom. The largest absolute Gasteiger partial charge is 0.379 e. The van der Waals surface area contributed by atoms with Gasteiger partial charge >= 0.3 is 0 Å². The second-order valence-corrected chi connectivity index (χ2v) is 10.0. The van der Waals surface area contributed by atoms with Crippen LogP contribution in [0, 0.1) is 0 Å². The average Bonchev–Trinajstić information content (AvgIpc) is 3.21. The third-order valence-corrected chi connectivity index (χ3v) is 8.19. The third kappa shape index (κ3) is 5.00. The summed E-state index contributed by atoms with van der Waals surface area (Å²) in [6, 6.07) is 13.1. The van der Waals surface area contributed by atoms with Crippen LogP contribution >= 0.6 is 11.3 Å². The van der Waals surface area contributed by atoms with E-state index in [1.165, 1.54) is 15.6 Å². The summed E-state index contributed by atoms with van der Waals surface area (Å²) < 4.78 is 32.4. The number of hydrogen-bond acceptors (Lipinski definition) is 5. The smallest absolute Gasteiger partial charge is 0.252 e. The molecule has 1 fully saturated rings. The molecule has 28 heavy (non-hydrogen) atoms. The standard InChI is InChI=1S/C20H26N2O4S2/c1-2-6-18(16-7-4-3-5-8-16)20(23)21-15-17-9-10-19(27-17)28(24,25)22-11-13-26-14-12-22/h3-5,7-10,18H,2,6,11-15H2,1H3,(H,21,23). The molecular weight excluding hydrogens is 396 g/mol. The molecule has 1 aliphatic heterocycles. The number of ether oxygens (including phenoxy) is 1. The van der Waals surface area contributed by atoms with Gasteiger partial charge in [-0.2, -0.15) is 4.31 Å². The van der Waals surface area contributed by atoms with Gasteiger partial charge < -0.3 is 10.1 Å². The first-order valence-corrected chi connectivity index (χ1v) is 11.8. The van der Waals surface area contributed by atoms with Crippen molar-refractivity contribution in [2.75, 3.05) is 26.3 Å². The Balaban J connectivity index is 1.64. The molecule has 8 heteroatoms. The Labute approximate surface area is 170 Å². The van der Waals surface area contributed by atoms with E-state index in [2.05, 4.69) is 12.2 Å². The molecule has 1 unspecified atom stereocenters. The number of carbonyl (C=O) groups is 1. The maximum absolute atomic E-state index is 12.7. The number of morpholine rings is 1. The van der Waals surface area contributed by atoms with Gasteiger partial charge in [0.2, 0.25) is 5.91 Å². The lowest BCUT2D eigenvalue weighted by Gasteiger charge is -2.25. The van der Waals surface area contributed by atoms with Crippen molar-refractivity contribution in [1.82, 2.24) is 9.62 Å². The molecule has 0 radical (unpaired) electrons. The maximum atomic E-state index is 12.7. The molecule has 0 saturated carbocycles. The van der Waals surface area contributed by atoms with Gasteiger partial charge in [-0.25, -0.2) is 8.42 Å². The van der Waals surface area contributed by atoms with E-state index in [0.717, 1.165) is 23.3 Å². The van der Waals surface area contributed by atoms with Crippen LogP contribution in [0.2, 0.25) is 0 Å². The lowest BCUT2D eigenvalue weighted by molar-refractivity contribution is -0.122. The molecule has 1 amide bonds. The molecule has 0 bridgehead atoms. The van der Waals surface area contributed by atoms with Crippen molar-refractivity contribution >= 4 is 27.3 Å². The van der Waals surface area contributed by atoms with E-state index in [0.29, 0.717) is 37.1 Å². The van der Waals surface area contributed by atoms with Crippen LogP contribution in [0.1, 0.15) is 36.1 Å². The zero-order chi connectivity index (χ0) is 20.0. The first-order chi connectivity index (χ1) is 13.5. The predicted octanol–water partition coefficient (Wildman–Crippen LogP) is 2.97. The van der Waals surface area contributed by atoms with Gasteiger partial charge in [-0.1, -0.05) is 43.7 Å². The molecule has 152 valence electrons. The highest BCUT2D eigenvalue weighted by Crippen LogP contribution is 2.26. The Morgan fingerprint density at radius 2 is 1.89 bits per heavy atom. The summed E-state index contributed by atoms with van der Waals surface area (Å²) in [4.78, 5) is 13.5. The maximum Gasteiger partial charge on any atom is 0.252 e. The van der Waals surface area contributed by atoms with Gasteiger partial charge in [0, 0.05) is 18.0 Å². The van der Waals surface area contributed by atoms with Crippen molar-refractivity contribution in [3.8, 4) is 0 Å². The Kier molecular flexibility index (Phi) is 7.23. The zero-order valence-corrected chi connectivity index (χ0v) is 17.6. The van der Waals surface area contributed by atoms with Crippen LogP contribution in [0.4, 0.5) is 0 Å². The second kappa shape index (κ2) is 9.65. The lowest BCUT2D eigenvalue weighted by atomic mass is 9.93. The summed E-state index contributed by atoms with van der Waals surface area (Å²) >= 11 is 1.21. The Morgan fingerprint density at radius 3 is 2.57 bits per heavy atom. The van der Waals surface area contributed by atoms with Crippen LogP contribution in [0.25, 0.3) is 0 Å². The first kappa shape index (κ1) is 21.0. The summed E-state index contributed by atoms with van der Waals surface area (Å²) in [6.45, 7) is 3.99. The van der Waals surface area contributed by atoms with Gasteiger partial charge in [0.1, 0.15) is 4.21 Å². The van der Waals surface area contributed by atoms with Crippen molar-refractivity contribution in [2.45, 2.75) is 36.4 Å². The molecule has 2 aromatic rings. The van der Waals surface area contributed by atoms with Crippen molar-refractivity contribution in [3.05, 3.63) is 52.9 Å². The molecule has 1 aliphatic rings. The molecule has 3 rings (SSSR count). The van der Waals surface area contributed by atoms with Crippen LogP contribution in [0.15, 0.2) is 46.7 Å². The van der Waals surface area contributed by atoms with Gasteiger partial charge in [0.15, 0.2) is 0 Å². The molecule has 1 saturated heterocycles. The van der Waals surface area contributed by atoms with E-state index in [1.54, 1.807) is 12.1 Å². The predicted molar refractivity (Wildman–Crippen MR) is 110 cm³/mol. The summed E-state index contributed by atoms with van der Waals surface area (Å²) in [6.07, 6.45) is 1.69. The van der Waals surface area contributed by atoms with Crippen LogP contribution in [0.5, 0.6) is 0 Å². The van der Waals surface area contributed by atoms with Crippen molar-refractivity contribution < 1.29 is 17.9 Å². The number of benzene rings is 1. The highest BCUT2D eigenvalue weighted by molar-refractivity contribution is 7.91. The van der Waals surface area contributed by atoms with E-state index in [4.69, 9.17) is 4.74 Å². The van der Waals surface area contributed by atoms with Gasteiger partial charge in [-0.3, -0.25) is 4.79 Å².